The van der Waals surface area contributed by atoms with Gasteiger partial charge in [-0.15, -0.1) is 0 Å². The number of amides is 1. The largest absolute Gasteiger partial charge is 0.385 e. The molecule has 4 nitrogen and oxygen atoms in total. The molecule has 2 rings (SSSR count). The third kappa shape index (κ3) is 2.75. The summed E-state index contributed by atoms with van der Waals surface area (Å²) in [5.41, 5.74) is 1.40. The molecule has 17 heavy (non-hydrogen) atoms. The van der Waals surface area contributed by atoms with E-state index in [1.54, 1.807) is 12.3 Å². The highest BCUT2D eigenvalue weighted by Crippen LogP contribution is 2.31. The summed E-state index contributed by atoms with van der Waals surface area (Å²) >= 11 is 0. The number of rotatable bonds is 4. The molecule has 4 heteroatoms. The molecule has 1 saturated carbocycles. The van der Waals surface area contributed by atoms with Gasteiger partial charge in [-0.3, -0.25) is 9.78 Å². The lowest BCUT2D eigenvalue weighted by Crippen LogP contribution is -2.51. The minimum absolute atomic E-state index is 0.0209. The minimum atomic E-state index is -0.0769. The number of aromatic nitrogens is 1. The van der Waals surface area contributed by atoms with Crippen LogP contribution in [0.25, 0.3) is 0 Å². The number of anilines is 1. The summed E-state index contributed by atoms with van der Waals surface area (Å²) in [7, 11) is 0. The van der Waals surface area contributed by atoms with E-state index in [1.807, 2.05) is 13.0 Å². The van der Waals surface area contributed by atoms with Crippen molar-refractivity contribution in [3.8, 4) is 0 Å². The molecule has 1 aliphatic rings. The number of carbonyl (C=O) groups excluding carboxylic acids is 1. The predicted molar refractivity (Wildman–Crippen MR) is 68.1 cm³/mol. The quantitative estimate of drug-likeness (QED) is 0.838. The maximum Gasteiger partial charge on any atom is 0.270 e. The van der Waals surface area contributed by atoms with E-state index in [-0.39, 0.29) is 11.4 Å². The van der Waals surface area contributed by atoms with Crippen LogP contribution in [0.1, 0.15) is 43.6 Å². The van der Waals surface area contributed by atoms with Crippen molar-refractivity contribution in [2.45, 2.75) is 38.6 Å². The van der Waals surface area contributed by atoms with E-state index in [9.17, 15) is 4.79 Å². The number of pyridine rings is 1. The van der Waals surface area contributed by atoms with Crippen LogP contribution in [0.4, 0.5) is 5.69 Å². The highest BCUT2D eigenvalue weighted by molar-refractivity contribution is 5.93. The Bertz CT molecular complexity index is 413. The van der Waals surface area contributed by atoms with Crippen molar-refractivity contribution in [3.05, 3.63) is 24.0 Å². The second kappa shape index (κ2) is 4.73. The van der Waals surface area contributed by atoms with E-state index in [0.717, 1.165) is 25.1 Å². The molecule has 1 aromatic heterocycles. The summed E-state index contributed by atoms with van der Waals surface area (Å²) in [4.78, 5) is 16.1. The molecule has 0 bridgehead atoms. The van der Waals surface area contributed by atoms with E-state index in [0.29, 0.717) is 5.69 Å². The Kier molecular flexibility index (Phi) is 3.31. The van der Waals surface area contributed by atoms with Gasteiger partial charge in [-0.25, -0.2) is 0 Å². The van der Waals surface area contributed by atoms with Crippen LogP contribution in [-0.4, -0.2) is 23.0 Å². The predicted octanol–water partition coefficient (Wildman–Crippen LogP) is 2.19. The average molecular weight is 233 g/mol. The summed E-state index contributed by atoms with van der Waals surface area (Å²) in [6.45, 7) is 4.95. The van der Waals surface area contributed by atoms with Gasteiger partial charge in [0.1, 0.15) is 5.69 Å². The van der Waals surface area contributed by atoms with E-state index in [1.165, 1.54) is 6.42 Å². The Labute approximate surface area is 102 Å². The van der Waals surface area contributed by atoms with Crippen molar-refractivity contribution in [3.63, 3.8) is 0 Å². The van der Waals surface area contributed by atoms with Gasteiger partial charge in [-0.2, -0.15) is 0 Å². The minimum Gasteiger partial charge on any atom is -0.385 e. The van der Waals surface area contributed by atoms with Gasteiger partial charge in [-0.1, -0.05) is 0 Å². The Hall–Kier alpha value is -1.58. The van der Waals surface area contributed by atoms with Gasteiger partial charge in [0.25, 0.3) is 5.91 Å². The molecule has 1 heterocycles. The van der Waals surface area contributed by atoms with Crippen LogP contribution in [0.2, 0.25) is 0 Å². The molecule has 92 valence electrons. The molecule has 1 amide bonds. The molecule has 1 aromatic rings. The number of nitrogens with one attached hydrogen (secondary N) is 2. The monoisotopic (exact) mass is 233 g/mol. The maximum absolute atomic E-state index is 12.0. The van der Waals surface area contributed by atoms with Crippen LogP contribution in [0.3, 0.4) is 0 Å². The van der Waals surface area contributed by atoms with Gasteiger partial charge in [-0.05, 0) is 45.2 Å². The van der Waals surface area contributed by atoms with Crippen LogP contribution in [0.5, 0.6) is 0 Å². The topological polar surface area (TPSA) is 54.0 Å². The van der Waals surface area contributed by atoms with E-state index in [2.05, 4.69) is 22.5 Å². The zero-order valence-corrected chi connectivity index (χ0v) is 10.4. The lowest BCUT2D eigenvalue weighted by Gasteiger charge is -2.39. The molecular weight excluding hydrogens is 214 g/mol. The number of hydrogen-bond acceptors (Lipinski definition) is 3. The van der Waals surface area contributed by atoms with Gasteiger partial charge in [0, 0.05) is 24.0 Å². The summed E-state index contributed by atoms with van der Waals surface area (Å²) in [6.07, 6.45) is 4.98. The summed E-state index contributed by atoms with van der Waals surface area (Å²) < 4.78 is 0. The maximum atomic E-state index is 12.0. The SMILES string of the molecule is CCNc1ccnc(C(=O)NC2(C)CCC2)c1. The second-order valence-electron chi connectivity index (χ2n) is 4.83. The first-order valence-electron chi connectivity index (χ1n) is 6.15. The number of hydrogen-bond donors (Lipinski definition) is 2. The van der Waals surface area contributed by atoms with Crippen molar-refractivity contribution < 1.29 is 4.79 Å². The molecule has 0 spiro atoms. The van der Waals surface area contributed by atoms with E-state index >= 15 is 0 Å². The standard InChI is InChI=1S/C13H19N3O/c1-3-14-10-5-8-15-11(9-10)12(17)16-13(2)6-4-7-13/h5,8-9H,3-4,6-7H2,1-2H3,(H,14,15)(H,16,17). The first kappa shape index (κ1) is 11.9. The first-order valence-corrected chi connectivity index (χ1v) is 6.15. The van der Waals surface area contributed by atoms with Crippen molar-refractivity contribution >= 4 is 11.6 Å². The van der Waals surface area contributed by atoms with Gasteiger partial charge in [0.15, 0.2) is 0 Å². The molecule has 2 N–H and O–H groups in total. The van der Waals surface area contributed by atoms with Gasteiger partial charge >= 0.3 is 0 Å². The molecule has 0 aromatic carbocycles. The lowest BCUT2D eigenvalue weighted by molar-refractivity contribution is 0.0845. The molecular formula is C13H19N3O. The van der Waals surface area contributed by atoms with Crippen LogP contribution >= 0.6 is 0 Å². The van der Waals surface area contributed by atoms with Crippen LogP contribution in [0, 0.1) is 0 Å². The van der Waals surface area contributed by atoms with E-state index in [4.69, 9.17) is 0 Å². The summed E-state index contributed by atoms with van der Waals surface area (Å²) in [6, 6.07) is 3.66. The first-order chi connectivity index (χ1) is 8.13. The molecule has 0 radical (unpaired) electrons. The molecule has 0 unspecified atom stereocenters. The highest BCUT2D eigenvalue weighted by atomic mass is 16.2. The lowest BCUT2D eigenvalue weighted by atomic mass is 9.78. The van der Waals surface area contributed by atoms with Crippen LogP contribution < -0.4 is 10.6 Å². The van der Waals surface area contributed by atoms with Crippen molar-refractivity contribution in [2.75, 3.05) is 11.9 Å². The van der Waals surface area contributed by atoms with Gasteiger partial charge in [0.05, 0.1) is 0 Å². The van der Waals surface area contributed by atoms with Gasteiger partial charge in [0.2, 0.25) is 0 Å². The highest BCUT2D eigenvalue weighted by Gasteiger charge is 2.33. The fraction of sp³-hybridized carbons (Fsp3) is 0.538. The smallest absolute Gasteiger partial charge is 0.270 e. The number of nitrogens with zero attached hydrogens (tertiary/aromatic N) is 1. The van der Waals surface area contributed by atoms with Crippen LogP contribution in [-0.2, 0) is 0 Å². The Morgan fingerprint density at radius 3 is 2.88 bits per heavy atom. The average Bonchev–Trinajstić information content (AvgIpc) is 2.28. The second-order valence-corrected chi connectivity index (χ2v) is 4.83. The Balaban J connectivity index is 2.05. The molecule has 0 saturated heterocycles. The summed E-state index contributed by atoms with van der Waals surface area (Å²) in [5.74, 6) is -0.0769. The third-order valence-corrected chi connectivity index (χ3v) is 3.25. The Morgan fingerprint density at radius 1 is 1.53 bits per heavy atom. The fourth-order valence-corrected chi connectivity index (χ4v) is 2.04. The summed E-state index contributed by atoms with van der Waals surface area (Å²) in [5, 5.41) is 6.22. The van der Waals surface area contributed by atoms with E-state index < -0.39 is 0 Å². The third-order valence-electron chi connectivity index (χ3n) is 3.25. The zero-order valence-electron chi connectivity index (χ0n) is 10.4. The molecule has 0 aliphatic heterocycles. The fourth-order valence-electron chi connectivity index (χ4n) is 2.04. The molecule has 1 fully saturated rings. The molecule has 0 atom stereocenters. The Morgan fingerprint density at radius 2 is 2.29 bits per heavy atom. The number of carbonyl (C=O) groups is 1. The normalized spacial score (nSPS) is 17.1. The van der Waals surface area contributed by atoms with Crippen LogP contribution in [0.15, 0.2) is 18.3 Å². The molecule has 1 aliphatic carbocycles. The van der Waals surface area contributed by atoms with Crippen molar-refractivity contribution in [1.82, 2.24) is 10.3 Å². The van der Waals surface area contributed by atoms with Crippen molar-refractivity contribution in [2.24, 2.45) is 0 Å². The van der Waals surface area contributed by atoms with Crippen molar-refractivity contribution in [1.29, 1.82) is 0 Å². The van der Waals surface area contributed by atoms with Gasteiger partial charge < -0.3 is 10.6 Å². The zero-order chi connectivity index (χ0) is 12.3.